The van der Waals surface area contributed by atoms with Crippen molar-refractivity contribution >= 4 is 40.2 Å². The highest BCUT2D eigenvalue weighted by molar-refractivity contribution is 14.1. The van der Waals surface area contributed by atoms with Gasteiger partial charge in [0.2, 0.25) is 6.29 Å². The highest BCUT2D eigenvalue weighted by Gasteiger charge is 2.29. The van der Waals surface area contributed by atoms with Crippen LogP contribution in [-0.2, 0) is 9.53 Å². The first kappa shape index (κ1) is 7.30. The van der Waals surface area contributed by atoms with E-state index in [9.17, 15) is 4.79 Å². The molecule has 1 N–H and O–H groups in total. The maximum absolute atomic E-state index is 10.5. The molecule has 0 fully saturated rings. The van der Waals surface area contributed by atoms with Crippen molar-refractivity contribution in [3.8, 4) is 0 Å². The van der Waals surface area contributed by atoms with Gasteiger partial charge in [0.1, 0.15) is 8.61 Å². The first-order valence-electron chi connectivity index (χ1n) is 2.07. The molecule has 0 aromatic carbocycles. The van der Waals surface area contributed by atoms with E-state index in [1.165, 1.54) is 0 Å². The zero-order chi connectivity index (χ0) is 7.02. The Bertz CT molecular complexity index is 188. The molecule has 9 heavy (non-hydrogen) atoms. The van der Waals surface area contributed by atoms with Crippen LogP contribution in [0, 0.1) is 0 Å². The van der Waals surface area contributed by atoms with Gasteiger partial charge >= 0.3 is 5.97 Å². The van der Waals surface area contributed by atoms with E-state index in [1.807, 2.05) is 0 Å². The Morgan fingerprint density at radius 3 is 2.44 bits per heavy atom. The molecule has 0 aromatic rings. The van der Waals surface area contributed by atoms with Crippen molar-refractivity contribution < 1.29 is 14.6 Å². The third-order valence-electron chi connectivity index (χ3n) is 0.824. The van der Waals surface area contributed by atoms with Crippen LogP contribution in [0.15, 0.2) is 8.61 Å². The van der Waals surface area contributed by atoms with Gasteiger partial charge in [-0.1, -0.05) is 11.6 Å². The minimum atomic E-state index is -1.24. The summed E-state index contributed by atoms with van der Waals surface area (Å²) in [6.45, 7) is 0. The normalized spacial score (nSPS) is 27.0. The van der Waals surface area contributed by atoms with Gasteiger partial charge < -0.3 is 9.84 Å². The maximum atomic E-state index is 10.5. The topological polar surface area (TPSA) is 46.5 Å². The van der Waals surface area contributed by atoms with E-state index in [0.29, 0.717) is 0 Å². The van der Waals surface area contributed by atoms with Gasteiger partial charge in [0.15, 0.2) is 0 Å². The van der Waals surface area contributed by atoms with E-state index in [-0.39, 0.29) is 8.61 Å². The van der Waals surface area contributed by atoms with Crippen molar-refractivity contribution in [3.05, 3.63) is 8.61 Å². The smallest absolute Gasteiger partial charge is 0.348 e. The molecule has 0 saturated carbocycles. The van der Waals surface area contributed by atoms with Gasteiger partial charge in [-0.15, -0.1) is 0 Å². The molecule has 1 heterocycles. The monoisotopic (exact) mass is 260 g/mol. The maximum Gasteiger partial charge on any atom is 0.348 e. The molecule has 0 saturated heterocycles. The van der Waals surface area contributed by atoms with Crippen LogP contribution in [0.2, 0.25) is 0 Å². The molecular weight excluding hydrogens is 258 g/mol. The summed E-state index contributed by atoms with van der Waals surface area (Å²) in [5.41, 5.74) is 0. The lowest BCUT2D eigenvalue weighted by molar-refractivity contribution is -0.150. The number of esters is 1. The average molecular weight is 260 g/mol. The lowest BCUT2D eigenvalue weighted by Gasteiger charge is -1.97. The largest absolute Gasteiger partial charge is 0.426 e. The van der Waals surface area contributed by atoms with Crippen molar-refractivity contribution in [3.63, 3.8) is 0 Å². The molecule has 0 aliphatic carbocycles. The van der Waals surface area contributed by atoms with Crippen LogP contribution in [0.1, 0.15) is 0 Å². The number of ether oxygens (including phenoxy) is 1. The van der Waals surface area contributed by atoms with E-state index >= 15 is 0 Å². The summed E-state index contributed by atoms with van der Waals surface area (Å²) in [5, 5.41) is 8.77. The Balaban J connectivity index is 2.92. The van der Waals surface area contributed by atoms with E-state index in [2.05, 4.69) is 4.74 Å². The fraction of sp³-hybridized carbons (Fsp3) is 0.250. The second kappa shape index (κ2) is 2.43. The number of carbonyl (C=O) groups excluding carboxylic acids is 1. The third-order valence-corrected chi connectivity index (χ3v) is 2.54. The number of carbonyl (C=O) groups is 1. The van der Waals surface area contributed by atoms with Crippen molar-refractivity contribution in [2.75, 3.05) is 0 Å². The molecule has 1 unspecified atom stereocenters. The van der Waals surface area contributed by atoms with E-state index < -0.39 is 12.3 Å². The quantitative estimate of drug-likeness (QED) is 0.516. The Kier molecular flexibility index (Phi) is 1.97. The molecule has 0 spiro atoms. The number of hydrogen-bond donors (Lipinski definition) is 1. The standard InChI is InChI=1S/C4H2ClIO3/c5-1-2(6)4(8)9-3(1)7/h3,7H. The second-order valence-electron chi connectivity index (χ2n) is 1.42. The summed E-state index contributed by atoms with van der Waals surface area (Å²) >= 11 is 7.10. The van der Waals surface area contributed by atoms with Crippen LogP contribution in [0.25, 0.3) is 0 Å². The third kappa shape index (κ3) is 1.20. The summed E-state index contributed by atoms with van der Waals surface area (Å²) in [5.74, 6) is -0.562. The van der Waals surface area contributed by atoms with Crippen LogP contribution >= 0.6 is 34.2 Å². The minimum absolute atomic E-state index is 0.0700. The number of aliphatic hydroxyl groups is 1. The average Bonchev–Trinajstić information content (AvgIpc) is 1.98. The van der Waals surface area contributed by atoms with Crippen LogP contribution < -0.4 is 0 Å². The number of hydrogen-bond acceptors (Lipinski definition) is 3. The van der Waals surface area contributed by atoms with E-state index in [0.717, 1.165) is 0 Å². The molecule has 3 nitrogen and oxygen atoms in total. The number of cyclic esters (lactones) is 1. The molecule has 0 amide bonds. The van der Waals surface area contributed by atoms with Crippen LogP contribution in [0.5, 0.6) is 0 Å². The zero-order valence-electron chi connectivity index (χ0n) is 4.10. The predicted octanol–water partition coefficient (Wildman–Crippen LogP) is 0.747. The van der Waals surface area contributed by atoms with Gasteiger partial charge in [-0.25, -0.2) is 4.79 Å². The van der Waals surface area contributed by atoms with Gasteiger partial charge in [-0.05, 0) is 22.6 Å². The summed E-state index contributed by atoms with van der Waals surface area (Å²) in [6.07, 6.45) is -1.24. The molecule has 5 heteroatoms. The number of aliphatic hydroxyl groups excluding tert-OH is 1. The van der Waals surface area contributed by atoms with E-state index in [1.54, 1.807) is 22.6 Å². The highest BCUT2D eigenvalue weighted by Crippen LogP contribution is 2.28. The SMILES string of the molecule is O=C1OC(O)C(Cl)=C1I. The van der Waals surface area contributed by atoms with Gasteiger partial charge in [0.05, 0.1) is 0 Å². The van der Waals surface area contributed by atoms with Crippen molar-refractivity contribution in [1.29, 1.82) is 0 Å². The van der Waals surface area contributed by atoms with Crippen LogP contribution in [-0.4, -0.2) is 17.4 Å². The summed E-state index contributed by atoms with van der Waals surface area (Å²) in [4.78, 5) is 10.5. The molecule has 1 aliphatic heterocycles. The lowest BCUT2D eigenvalue weighted by Crippen LogP contribution is -2.07. The minimum Gasteiger partial charge on any atom is -0.426 e. The van der Waals surface area contributed by atoms with Crippen LogP contribution in [0.4, 0.5) is 0 Å². The predicted molar refractivity (Wildman–Crippen MR) is 39.0 cm³/mol. The first-order chi connectivity index (χ1) is 4.13. The molecule has 0 bridgehead atoms. The van der Waals surface area contributed by atoms with Crippen molar-refractivity contribution in [2.24, 2.45) is 0 Å². The van der Waals surface area contributed by atoms with Gasteiger partial charge in [0, 0.05) is 0 Å². The molecular formula is C4H2ClIO3. The molecule has 50 valence electrons. The van der Waals surface area contributed by atoms with Crippen molar-refractivity contribution in [2.45, 2.75) is 6.29 Å². The number of halogens is 2. The second-order valence-corrected chi connectivity index (χ2v) is 2.91. The Hall–Kier alpha value is 0.190. The van der Waals surface area contributed by atoms with Crippen molar-refractivity contribution in [1.82, 2.24) is 0 Å². The number of rotatable bonds is 0. The Morgan fingerprint density at radius 2 is 2.33 bits per heavy atom. The molecule has 1 aliphatic rings. The lowest BCUT2D eigenvalue weighted by atomic mass is 10.5. The zero-order valence-corrected chi connectivity index (χ0v) is 7.01. The Morgan fingerprint density at radius 1 is 1.78 bits per heavy atom. The Labute approximate surface area is 69.8 Å². The van der Waals surface area contributed by atoms with Crippen LogP contribution in [0.3, 0.4) is 0 Å². The van der Waals surface area contributed by atoms with Gasteiger partial charge in [0.25, 0.3) is 0 Å². The van der Waals surface area contributed by atoms with E-state index in [4.69, 9.17) is 16.7 Å². The molecule has 0 aromatic heterocycles. The van der Waals surface area contributed by atoms with Gasteiger partial charge in [-0.2, -0.15) is 0 Å². The summed E-state index contributed by atoms with van der Waals surface area (Å²) in [7, 11) is 0. The molecule has 1 atom stereocenters. The fourth-order valence-corrected chi connectivity index (χ4v) is 0.926. The molecule has 1 rings (SSSR count). The summed E-state index contributed by atoms with van der Waals surface area (Å²) < 4.78 is 4.54. The summed E-state index contributed by atoms with van der Waals surface area (Å²) in [6, 6.07) is 0. The highest BCUT2D eigenvalue weighted by atomic mass is 127. The van der Waals surface area contributed by atoms with Gasteiger partial charge in [-0.3, -0.25) is 0 Å². The molecule has 0 radical (unpaired) electrons. The first-order valence-corrected chi connectivity index (χ1v) is 3.53. The fourth-order valence-electron chi connectivity index (χ4n) is 0.411.